The molecule has 2 aromatic rings. The van der Waals surface area contributed by atoms with Crippen LogP contribution in [0.5, 0.6) is 11.5 Å². The van der Waals surface area contributed by atoms with Crippen molar-refractivity contribution >= 4 is 67.8 Å². The number of amides is 2. The van der Waals surface area contributed by atoms with Crippen LogP contribution in [0.4, 0.5) is 10.1 Å². The molecule has 168 valence electrons. The lowest BCUT2D eigenvalue weighted by Crippen LogP contribution is -2.27. The number of likely N-dealkylation sites (N-methyl/N-ethyl adjacent to an activating group) is 1. The fourth-order valence-corrected chi connectivity index (χ4v) is 4.64. The first-order valence-electron chi connectivity index (χ1n) is 9.72. The summed E-state index contributed by atoms with van der Waals surface area (Å²) in [7, 11) is 0. The highest BCUT2D eigenvalue weighted by Crippen LogP contribution is 2.38. The number of carbonyl (C=O) groups is 2. The Hall–Kier alpha value is -2.43. The Labute approximate surface area is 203 Å². The maximum Gasteiger partial charge on any atom is 0.266 e. The number of hydrogen-bond acceptors (Lipinski definition) is 6. The Bertz CT molecular complexity index is 1080. The van der Waals surface area contributed by atoms with E-state index in [1.807, 2.05) is 13.8 Å². The van der Waals surface area contributed by atoms with Crippen molar-refractivity contribution in [2.45, 2.75) is 13.8 Å². The molecule has 0 aliphatic carbocycles. The zero-order chi connectivity index (χ0) is 23.3. The van der Waals surface area contributed by atoms with Gasteiger partial charge in [0, 0.05) is 16.7 Å². The standard InChI is InChI=1S/C22H20BrFN2O4S2/c1-3-26-21(28)19(32-22(26)31)10-13-9-17(29-4-2)18(11-16(13)23)30-12-20(27)25-15-7-5-14(24)6-8-15/h5-11H,3-4,12H2,1-2H3,(H,25,27)/b19-10-. The first kappa shape index (κ1) is 24.2. The van der Waals surface area contributed by atoms with Gasteiger partial charge in [0.05, 0.1) is 11.5 Å². The highest BCUT2D eigenvalue weighted by atomic mass is 79.9. The zero-order valence-electron chi connectivity index (χ0n) is 17.3. The van der Waals surface area contributed by atoms with Gasteiger partial charge in [0.25, 0.3) is 11.8 Å². The van der Waals surface area contributed by atoms with Gasteiger partial charge >= 0.3 is 0 Å². The fraction of sp³-hybridized carbons (Fsp3) is 0.227. The van der Waals surface area contributed by atoms with E-state index in [4.69, 9.17) is 21.7 Å². The molecule has 10 heteroatoms. The molecular weight excluding hydrogens is 519 g/mol. The average Bonchev–Trinajstić information content (AvgIpc) is 3.03. The van der Waals surface area contributed by atoms with Crippen LogP contribution in [0.2, 0.25) is 0 Å². The van der Waals surface area contributed by atoms with E-state index < -0.39 is 5.91 Å². The van der Waals surface area contributed by atoms with E-state index >= 15 is 0 Å². The molecule has 1 fully saturated rings. The summed E-state index contributed by atoms with van der Waals surface area (Å²) < 4.78 is 25.5. The molecule has 32 heavy (non-hydrogen) atoms. The number of benzene rings is 2. The Balaban J connectivity index is 1.76. The molecule has 1 aliphatic rings. The van der Waals surface area contributed by atoms with Crippen LogP contribution in [0.15, 0.2) is 45.8 Å². The lowest BCUT2D eigenvalue weighted by Gasteiger charge is -2.14. The Morgan fingerprint density at radius 2 is 1.91 bits per heavy atom. The third-order valence-corrected chi connectivity index (χ3v) is 6.39. The minimum atomic E-state index is -0.400. The van der Waals surface area contributed by atoms with Crippen molar-refractivity contribution in [3.8, 4) is 11.5 Å². The van der Waals surface area contributed by atoms with Crippen molar-refractivity contribution in [2.75, 3.05) is 25.1 Å². The largest absolute Gasteiger partial charge is 0.490 e. The lowest BCUT2D eigenvalue weighted by atomic mass is 10.2. The smallest absolute Gasteiger partial charge is 0.266 e. The zero-order valence-corrected chi connectivity index (χ0v) is 20.5. The number of ether oxygens (including phenoxy) is 2. The van der Waals surface area contributed by atoms with Crippen LogP contribution in [0.1, 0.15) is 19.4 Å². The first-order valence-corrected chi connectivity index (χ1v) is 11.7. The summed E-state index contributed by atoms with van der Waals surface area (Å²) in [6, 6.07) is 8.86. The summed E-state index contributed by atoms with van der Waals surface area (Å²) in [4.78, 5) is 26.8. The van der Waals surface area contributed by atoms with Crippen LogP contribution < -0.4 is 14.8 Å². The van der Waals surface area contributed by atoms with Crippen molar-refractivity contribution in [3.05, 3.63) is 57.2 Å². The lowest BCUT2D eigenvalue weighted by molar-refractivity contribution is -0.122. The monoisotopic (exact) mass is 538 g/mol. The molecule has 0 bridgehead atoms. The summed E-state index contributed by atoms with van der Waals surface area (Å²) in [5.74, 6) is -0.121. The molecule has 1 aliphatic heterocycles. The molecule has 2 aromatic carbocycles. The van der Waals surface area contributed by atoms with Crippen molar-refractivity contribution in [1.82, 2.24) is 4.90 Å². The molecule has 0 atom stereocenters. The minimum absolute atomic E-state index is 0.134. The summed E-state index contributed by atoms with van der Waals surface area (Å²) in [6.07, 6.45) is 1.74. The second kappa shape index (κ2) is 10.9. The summed E-state index contributed by atoms with van der Waals surface area (Å²) in [6.45, 7) is 4.34. The van der Waals surface area contributed by atoms with Crippen LogP contribution >= 0.6 is 39.9 Å². The van der Waals surface area contributed by atoms with E-state index in [2.05, 4.69) is 21.2 Å². The van der Waals surface area contributed by atoms with Gasteiger partial charge in [-0.1, -0.05) is 39.9 Å². The number of carbonyl (C=O) groups excluding carboxylic acids is 2. The van der Waals surface area contributed by atoms with Gasteiger partial charge in [0.15, 0.2) is 18.1 Å². The van der Waals surface area contributed by atoms with Crippen molar-refractivity contribution in [1.29, 1.82) is 0 Å². The molecule has 0 radical (unpaired) electrons. The summed E-state index contributed by atoms with van der Waals surface area (Å²) in [5.41, 5.74) is 1.18. The number of halogens is 2. The van der Waals surface area contributed by atoms with Gasteiger partial charge in [-0.15, -0.1) is 0 Å². The minimum Gasteiger partial charge on any atom is -0.490 e. The maximum absolute atomic E-state index is 13.0. The van der Waals surface area contributed by atoms with Crippen molar-refractivity contribution in [2.24, 2.45) is 0 Å². The molecular formula is C22H20BrFN2O4S2. The number of hydrogen-bond donors (Lipinski definition) is 1. The summed E-state index contributed by atoms with van der Waals surface area (Å²) in [5, 5.41) is 2.63. The third kappa shape index (κ3) is 5.87. The maximum atomic E-state index is 13.0. The number of anilines is 1. The first-order chi connectivity index (χ1) is 15.3. The summed E-state index contributed by atoms with van der Waals surface area (Å²) >= 11 is 10.00. The predicted octanol–water partition coefficient (Wildman–Crippen LogP) is 5.23. The van der Waals surface area contributed by atoms with Gasteiger partial charge in [-0.3, -0.25) is 14.5 Å². The SMILES string of the molecule is CCOc1cc(/C=C2\SC(=S)N(CC)C2=O)c(Br)cc1OCC(=O)Nc1ccc(F)cc1. The Morgan fingerprint density at radius 1 is 1.22 bits per heavy atom. The molecule has 1 heterocycles. The molecule has 0 unspecified atom stereocenters. The van der Waals surface area contributed by atoms with E-state index in [1.165, 1.54) is 36.0 Å². The van der Waals surface area contributed by atoms with E-state index in [9.17, 15) is 14.0 Å². The van der Waals surface area contributed by atoms with Gasteiger partial charge in [-0.25, -0.2) is 4.39 Å². The quantitative estimate of drug-likeness (QED) is 0.366. The van der Waals surface area contributed by atoms with Gasteiger partial charge in [-0.05, 0) is 61.9 Å². The predicted molar refractivity (Wildman–Crippen MR) is 131 cm³/mol. The number of nitrogens with one attached hydrogen (secondary N) is 1. The van der Waals surface area contributed by atoms with Crippen molar-refractivity contribution < 1.29 is 23.5 Å². The molecule has 6 nitrogen and oxygen atoms in total. The molecule has 0 saturated carbocycles. The number of rotatable bonds is 8. The van der Waals surface area contributed by atoms with Gasteiger partial charge in [0.2, 0.25) is 0 Å². The Morgan fingerprint density at radius 3 is 2.53 bits per heavy atom. The van der Waals surface area contributed by atoms with Gasteiger partial charge < -0.3 is 14.8 Å². The fourth-order valence-electron chi connectivity index (χ4n) is 2.83. The molecule has 0 aromatic heterocycles. The van der Waals surface area contributed by atoms with Crippen LogP contribution in [0.25, 0.3) is 6.08 Å². The van der Waals surface area contributed by atoms with E-state index in [-0.39, 0.29) is 18.3 Å². The van der Waals surface area contributed by atoms with Crippen LogP contribution in [-0.4, -0.2) is 40.8 Å². The second-order valence-corrected chi connectivity index (χ2v) is 9.05. The molecule has 1 saturated heterocycles. The third-order valence-electron chi connectivity index (χ3n) is 4.33. The Kier molecular flexibility index (Phi) is 8.27. The van der Waals surface area contributed by atoms with Crippen LogP contribution in [0, 0.1) is 5.82 Å². The number of thioether (sulfide) groups is 1. The second-order valence-electron chi connectivity index (χ2n) is 6.52. The topological polar surface area (TPSA) is 67.9 Å². The van der Waals surface area contributed by atoms with Crippen LogP contribution in [-0.2, 0) is 9.59 Å². The van der Waals surface area contributed by atoms with E-state index in [0.717, 1.165) is 0 Å². The highest BCUT2D eigenvalue weighted by molar-refractivity contribution is 9.10. The molecule has 1 N–H and O–H groups in total. The van der Waals surface area contributed by atoms with E-state index in [0.29, 0.717) is 49.6 Å². The van der Waals surface area contributed by atoms with E-state index in [1.54, 1.807) is 23.1 Å². The normalized spacial score (nSPS) is 14.8. The molecule has 0 spiro atoms. The van der Waals surface area contributed by atoms with Gasteiger partial charge in [-0.2, -0.15) is 0 Å². The van der Waals surface area contributed by atoms with Crippen LogP contribution in [0.3, 0.4) is 0 Å². The molecule has 3 rings (SSSR count). The molecule has 2 amide bonds. The average molecular weight is 539 g/mol. The highest BCUT2D eigenvalue weighted by Gasteiger charge is 2.30. The number of nitrogens with zero attached hydrogens (tertiary/aromatic N) is 1. The van der Waals surface area contributed by atoms with Gasteiger partial charge in [0.1, 0.15) is 10.1 Å². The number of thiocarbonyl (C=S) groups is 1. The van der Waals surface area contributed by atoms with Crippen molar-refractivity contribution in [3.63, 3.8) is 0 Å².